The van der Waals surface area contributed by atoms with E-state index in [0.29, 0.717) is 23.5 Å². The van der Waals surface area contributed by atoms with Crippen LogP contribution >= 0.6 is 0 Å². The minimum absolute atomic E-state index is 0.0973. The molecular weight excluding hydrogens is 321 g/mol. The monoisotopic (exact) mass is 337 g/mol. The maximum atomic E-state index is 13.8. The first-order valence-corrected chi connectivity index (χ1v) is 7.96. The van der Waals surface area contributed by atoms with Crippen LogP contribution in [-0.4, -0.2) is 29.5 Å². The van der Waals surface area contributed by atoms with Crippen molar-refractivity contribution in [2.24, 2.45) is 0 Å². The summed E-state index contributed by atoms with van der Waals surface area (Å²) >= 11 is 0. The molecule has 0 fully saturated rings. The number of carbonyl (C=O) groups excluding carboxylic acids is 1. The Morgan fingerprint density at radius 1 is 1.20 bits per heavy atom. The van der Waals surface area contributed by atoms with Gasteiger partial charge in [-0.3, -0.25) is 4.79 Å². The number of amides is 1. The average molecular weight is 337 g/mol. The van der Waals surface area contributed by atoms with Gasteiger partial charge in [0.05, 0.1) is 7.11 Å². The number of rotatable bonds is 3. The van der Waals surface area contributed by atoms with E-state index >= 15 is 0 Å². The lowest BCUT2D eigenvalue weighted by molar-refractivity contribution is -0.116. The third-order valence-corrected chi connectivity index (χ3v) is 4.33. The Morgan fingerprint density at radius 3 is 2.88 bits per heavy atom. The van der Waals surface area contributed by atoms with Gasteiger partial charge in [-0.05, 0) is 47.9 Å². The third-order valence-electron chi connectivity index (χ3n) is 4.33. The molecule has 1 aromatic carbocycles. The summed E-state index contributed by atoms with van der Waals surface area (Å²) < 4.78 is 19.2. The Kier molecular flexibility index (Phi) is 3.72. The second kappa shape index (κ2) is 6.05. The summed E-state index contributed by atoms with van der Waals surface area (Å²) in [4.78, 5) is 19.2. The van der Waals surface area contributed by atoms with Crippen molar-refractivity contribution in [3.8, 4) is 16.9 Å². The predicted octanol–water partition coefficient (Wildman–Crippen LogP) is 3.28. The quantitative estimate of drug-likeness (QED) is 0.771. The fourth-order valence-corrected chi connectivity index (χ4v) is 3.14. The number of halogens is 1. The molecule has 0 saturated carbocycles. The smallest absolute Gasteiger partial charge is 0.244 e. The van der Waals surface area contributed by atoms with Crippen LogP contribution in [0.1, 0.15) is 12.1 Å². The Morgan fingerprint density at radius 2 is 2.08 bits per heavy atom. The van der Waals surface area contributed by atoms with Crippen molar-refractivity contribution >= 4 is 22.5 Å². The fraction of sp³-hybridized carbons (Fsp3) is 0.158. The van der Waals surface area contributed by atoms with Crippen LogP contribution in [0, 0.1) is 5.82 Å². The molecule has 0 spiro atoms. The number of aromatic nitrogens is 2. The highest BCUT2D eigenvalue weighted by molar-refractivity contribution is 6.00. The molecule has 2 aromatic heterocycles. The number of hydrogen-bond donors (Lipinski definition) is 2. The van der Waals surface area contributed by atoms with E-state index in [1.54, 1.807) is 25.4 Å². The van der Waals surface area contributed by atoms with E-state index in [9.17, 15) is 9.18 Å². The van der Waals surface area contributed by atoms with Crippen molar-refractivity contribution in [1.29, 1.82) is 0 Å². The Bertz CT molecular complexity index is 1010. The topological polar surface area (TPSA) is 67.0 Å². The molecule has 3 aromatic rings. The molecule has 0 radical (unpaired) electrons. The van der Waals surface area contributed by atoms with Gasteiger partial charge in [0.25, 0.3) is 0 Å². The number of carbonyl (C=O) groups is 1. The van der Waals surface area contributed by atoms with E-state index in [2.05, 4.69) is 15.3 Å². The lowest BCUT2D eigenvalue weighted by Crippen LogP contribution is -2.26. The van der Waals surface area contributed by atoms with Crippen LogP contribution in [-0.2, 0) is 4.79 Å². The van der Waals surface area contributed by atoms with Gasteiger partial charge < -0.3 is 15.0 Å². The minimum atomic E-state index is -0.330. The lowest BCUT2D eigenvalue weighted by atomic mass is 10.0. The maximum absolute atomic E-state index is 13.8. The van der Waals surface area contributed by atoms with Gasteiger partial charge in [0.15, 0.2) is 0 Å². The van der Waals surface area contributed by atoms with Crippen molar-refractivity contribution < 1.29 is 13.9 Å². The Labute approximate surface area is 143 Å². The van der Waals surface area contributed by atoms with Gasteiger partial charge in [-0.1, -0.05) is 0 Å². The van der Waals surface area contributed by atoms with Crippen LogP contribution in [0.15, 0.2) is 42.6 Å². The fourth-order valence-electron chi connectivity index (χ4n) is 3.14. The van der Waals surface area contributed by atoms with E-state index in [4.69, 9.17) is 4.74 Å². The van der Waals surface area contributed by atoms with Gasteiger partial charge >= 0.3 is 0 Å². The van der Waals surface area contributed by atoms with Gasteiger partial charge in [0.1, 0.15) is 17.2 Å². The summed E-state index contributed by atoms with van der Waals surface area (Å²) in [6.45, 7) is 0.609. The maximum Gasteiger partial charge on any atom is 0.244 e. The summed E-state index contributed by atoms with van der Waals surface area (Å²) in [5, 5.41) is 3.63. The molecule has 1 amide bonds. The van der Waals surface area contributed by atoms with Crippen LogP contribution in [0.5, 0.6) is 5.75 Å². The minimum Gasteiger partial charge on any atom is -0.496 e. The molecule has 3 heterocycles. The second-order valence-corrected chi connectivity index (χ2v) is 5.86. The second-order valence-electron chi connectivity index (χ2n) is 5.86. The van der Waals surface area contributed by atoms with Gasteiger partial charge in [-0.2, -0.15) is 0 Å². The SMILES string of the molecule is COc1ccc(F)cc1-c1ccnc2[nH]c(C3=CC(=O)NCC3)cc12. The highest BCUT2D eigenvalue weighted by atomic mass is 19.1. The largest absolute Gasteiger partial charge is 0.496 e. The summed E-state index contributed by atoms with van der Waals surface area (Å²) in [6.07, 6.45) is 4.01. The summed E-state index contributed by atoms with van der Waals surface area (Å²) in [6, 6.07) is 8.21. The van der Waals surface area contributed by atoms with E-state index in [0.717, 1.165) is 28.6 Å². The van der Waals surface area contributed by atoms with Gasteiger partial charge in [0.2, 0.25) is 5.91 Å². The molecule has 0 aliphatic carbocycles. The van der Waals surface area contributed by atoms with Gasteiger partial charge in [0, 0.05) is 35.5 Å². The van der Waals surface area contributed by atoms with Crippen molar-refractivity contribution in [3.05, 3.63) is 54.1 Å². The summed E-state index contributed by atoms with van der Waals surface area (Å²) in [7, 11) is 1.56. The first-order chi connectivity index (χ1) is 12.2. The van der Waals surface area contributed by atoms with E-state index in [1.807, 2.05) is 12.1 Å². The van der Waals surface area contributed by atoms with Crippen LogP contribution in [0.25, 0.3) is 27.7 Å². The molecule has 5 nitrogen and oxygen atoms in total. The zero-order chi connectivity index (χ0) is 17.4. The van der Waals surface area contributed by atoms with E-state index < -0.39 is 0 Å². The van der Waals surface area contributed by atoms with Crippen LogP contribution in [0.4, 0.5) is 4.39 Å². The zero-order valence-electron chi connectivity index (χ0n) is 13.6. The van der Waals surface area contributed by atoms with Crippen LogP contribution in [0.2, 0.25) is 0 Å². The number of aromatic amines is 1. The molecule has 4 rings (SSSR count). The lowest BCUT2D eigenvalue weighted by Gasteiger charge is -2.11. The van der Waals surface area contributed by atoms with Crippen molar-refractivity contribution in [1.82, 2.24) is 15.3 Å². The predicted molar refractivity (Wildman–Crippen MR) is 93.6 cm³/mol. The number of hydrogen-bond acceptors (Lipinski definition) is 3. The Balaban J connectivity index is 1.89. The summed E-state index contributed by atoms with van der Waals surface area (Å²) in [5.74, 6) is 0.163. The number of nitrogens with one attached hydrogen (secondary N) is 2. The van der Waals surface area contributed by atoms with Crippen molar-refractivity contribution in [3.63, 3.8) is 0 Å². The number of pyridine rings is 1. The van der Waals surface area contributed by atoms with Crippen LogP contribution < -0.4 is 10.1 Å². The Hall–Kier alpha value is -3.15. The van der Waals surface area contributed by atoms with Gasteiger partial charge in [-0.25, -0.2) is 9.37 Å². The molecule has 1 aliphatic rings. The van der Waals surface area contributed by atoms with Crippen molar-refractivity contribution in [2.75, 3.05) is 13.7 Å². The molecule has 1 aliphatic heterocycles. The standard InChI is InChI=1S/C19H16FN3O2/c1-25-17-3-2-12(20)9-14(17)13-5-7-22-19-15(13)10-16(23-19)11-4-6-21-18(24)8-11/h2-3,5,7-10H,4,6H2,1H3,(H,21,24)(H,22,23). The molecule has 0 saturated heterocycles. The number of nitrogens with zero attached hydrogens (tertiary/aromatic N) is 1. The molecule has 126 valence electrons. The number of ether oxygens (including phenoxy) is 1. The molecule has 0 atom stereocenters. The highest BCUT2D eigenvalue weighted by Gasteiger charge is 2.16. The third kappa shape index (κ3) is 2.76. The first kappa shape index (κ1) is 15.4. The van der Waals surface area contributed by atoms with E-state index in [-0.39, 0.29) is 11.7 Å². The number of H-pyrrole nitrogens is 1. The molecule has 0 unspecified atom stereocenters. The summed E-state index contributed by atoms with van der Waals surface area (Å²) in [5.41, 5.74) is 3.95. The number of benzene rings is 1. The van der Waals surface area contributed by atoms with Crippen LogP contribution in [0.3, 0.4) is 0 Å². The molecule has 6 heteroatoms. The normalized spacial score (nSPS) is 14.3. The zero-order valence-corrected chi connectivity index (χ0v) is 13.6. The molecular formula is C19H16FN3O2. The first-order valence-electron chi connectivity index (χ1n) is 7.96. The molecule has 25 heavy (non-hydrogen) atoms. The molecule has 2 N–H and O–H groups in total. The number of methoxy groups -OCH3 is 1. The average Bonchev–Trinajstić information content (AvgIpc) is 3.06. The highest BCUT2D eigenvalue weighted by Crippen LogP contribution is 2.36. The van der Waals surface area contributed by atoms with Gasteiger partial charge in [-0.15, -0.1) is 0 Å². The van der Waals surface area contributed by atoms with E-state index in [1.165, 1.54) is 12.1 Å². The molecule has 0 bridgehead atoms. The number of fused-ring (bicyclic) bond motifs is 1. The van der Waals surface area contributed by atoms with Crippen molar-refractivity contribution in [2.45, 2.75) is 6.42 Å².